The van der Waals surface area contributed by atoms with Gasteiger partial charge in [0.1, 0.15) is 11.9 Å². The third kappa shape index (κ3) is 6.37. The first-order valence-corrected chi connectivity index (χ1v) is 9.97. The number of esters is 1. The maximum absolute atomic E-state index is 12.7. The number of amides is 1. The molecule has 0 aliphatic heterocycles. The van der Waals surface area contributed by atoms with Crippen molar-refractivity contribution >= 4 is 69.7 Å². The Kier molecular flexibility index (Phi) is 8.54. The van der Waals surface area contributed by atoms with E-state index in [0.29, 0.717) is 11.4 Å². The summed E-state index contributed by atoms with van der Waals surface area (Å²) in [5.41, 5.74) is 0.879. The van der Waals surface area contributed by atoms with Crippen molar-refractivity contribution in [3.05, 3.63) is 59.7 Å². The van der Waals surface area contributed by atoms with Gasteiger partial charge in [-0.15, -0.1) is 0 Å². The monoisotopic (exact) mass is 489 g/mol. The lowest BCUT2D eigenvalue weighted by Crippen LogP contribution is -2.56. The number of methoxy groups -OCH3 is 2. The summed E-state index contributed by atoms with van der Waals surface area (Å²) in [6, 6.07) is 13.1. The minimum atomic E-state index is -1.95. The molecule has 11 heteroatoms. The molecule has 0 heterocycles. The Labute approximate surface area is 194 Å². The highest BCUT2D eigenvalue weighted by Gasteiger charge is 2.35. The van der Waals surface area contributed by atoms with Gasteiger partial charge in [-0.25, -0.2) is 4.79 Å². The number of hydrogen-bond donors (Lipinski definition) is 3. The number of halogens is 3. The van der Waals surface area contributed by atoms with Crippen molar-refractivity contribution in [3.8, 4) is 5.75 Å². The molecule has 2 aromatic carbocycles. The van der Waals surface area contributed by atoms with Gasteiger partial charge in [-0.2, -0.15) is 0 Å². The van der Waals surface area contributed by atoms with E-state index < -0.39 is 21.8 Å². The summed E-state index contributed by atoms with van der Waals surface area (Å²) in [6.07, 6.45) is -1.20. The summed E-state index contributed by atoms with van der Waals surface area (Å²) in [5.74, 6) is -0.747. The van der Waals surface area contributed by atoms with Gasteiger partial charge in [0.2, 0.25) is 3.79 Å². The molecule has 160 valence electrons. The number of carbonyl (C=O) groups excluding carboxylic acids is 2. The lowest BCUT2D eigenvalue weighted by Gasteiger charge is -2.28. The first-order chi connectivity index (χ1) is 14.2. The maximum atomic E-state index is 12.7. The number of nitrogens with one attached hydrogen (secondary N) is 3. The van der Waals surface area contributed by atoms with E-state index in [1.807, 2.05) is 0 Å². The van der Waals surface area contributed by atoms with Crippen LogP contribution in [0.3, 0.4) is 0 Å². The van der Waals surface area contributed by atoms with Gasteiger partial charge >= 0.3 is 5.97 Å². The van der Waals surface area contributed by atoms with Gasteiger partial charge in [0.15, 0.2) is 5.11 Å². The van der Waals surface area contributed by atoms with Crippen LogP contribution in [0.2, 0.25) is 0 Å². The highest BCUT2D eigenvalue weighted by atomic mass is 35.6. The van der Waals surface area contributed by atoms with Crippen molar-refractivity contribution in [1.29, 1.82) is 0 Å². The molecular formula is C19H18Cl3N3O4S. The van der Waals surface area contributed by atoms with Gasteiger partial charge in [0, 0.05) is 0 Å². The molecule has 2 aromatic rings. The molecule has 0 radical (unpaired) electrons. The summed E-state index contributed by atoms with van der Waals surface area (Å²) in [6.45, 7) is 0. The molecule has 0 saturated carbocycles. The van der Waals surface area contributed by atoms with Gasteiger partial charge in [-0.3, -0.25) is 4.79 Å². The van der Waals surface area contributed by atoms with E-state index in [-0.39, 0.29) is 16.2 Å². The van der Waals surface area contributed by atoms with Gasteiger partial charge in [0.25, 0.3) is 5.91 Å². The van der Waals surface area contributed by atoms with Gasteiger partial charge in [-0.1, -0.05) is 59.1 Å². The zero-order valence-corrected chi connectivity index (χ0v) is 19.0. The zero-order valence-electron chi connectivity index (χ0n) is 15.9. The second-order valence-corrected chi connectivity index (χ2v) is 8.56. The predicted octanol–water partition coefficient (Wildman–Crippen LogP) is 3.89. The summed E-state index contributed by atoms with van der Waals surface area (Å²) in [7, 11) is 2.70. The highest BCUT2D eigenvalue weighted by molar-refractivity contribution is 7.80. The normalized spacial score (nSPS) is 11.8. The molecule has 1 atom stereocenters. The average Bonchev–Trinajstić information content (AvgIpc) is 2.72. The SMILES string of the molecule is COC(=O)c1ccccc1NC(=S)N[C@@H](NC(=O)c1ccccc1OC)C(Cl)(Cl)Cl. The van der Waals surface area contributed by atoms with Crippen LogP contribution < -0.4 is 20.7 Å². The molecule has 0 aliphatic rings. The standard InChI is InChI=1S/C19H18Cl3N3O4S/c1-28-14-10-6-4-8-12(14)15(26)24-17(19(20,21)22)25-18(30)23-13-9-5-3-7-11(13)16(27)29-2/h3-10,17H,1-2H3,(H,24,26)(H2,23,25,30)/t17-/m1/s1. The Balaban J connectivity index is 2.17. The van der Waals surface area contributed by atoms with E-state index in [9.17, 15) is 9.59 Å². The summed E-state index contributed by atoms with van der Waals surface area (Å²) in [5, 5.41) is 8.13. The van der Waals surface area contributed by atoms with E-state index in [4.69, 9.17) is 56.5 Å². The Bertz CT molecular complexity index is 937. The van der Waals surface area contributed by atoms with Crippen LogP contribution in [0, 0.1) is 0 Å². The molecule has 0 bridgehead atoms. The quantitative estimate of drug-likeness (QED) is 0.245. The maximum Gasteiger partial charge on any atom is 0.339 e. The second kappa shape index (κ2) is 10.7. The van der Waals surface area contributed by atoms with Crippen LogP contribution in [-0.4, -0.2) is 41.2 Å². The smallest absolute Gasteiger partial charge is 0.339 e. The van der Waals surface area contributed by atoms with Crippen molar-refractivity contribution in [2.24, 2.45) is 0 Å². The van der Waals surface area contributed by atoms with E-state index in [1.54, 1.807) is 48.5 Å². The van der Waals surface area contributed by atoms with Crippen molar-refractivity contribution in [2.45, 2.75) is 9.96 Å². The minimum absolute atomic E-state index is 0.00278. The fraction of sp³-hybridized carbons (Fsp3) is 0.211. The number of ether oxygens (including phenoxy) is 2. The zero-order chi connectivity index (χ0) is 22.3. The van der Waals surface area contributed by atoms with Gasteiger partial charge in [0.05, 0.1) is 31.0 Å². The summed E-state index contributed by atoms with van der Waals surface area (Å²) < 4.78 is 7.97. The highest BCUT2D eigenvalue weighted by Crippen LogP contribution is 2.30. The number of anilines is 1. The molecule has 1 amide bonds. The molecule has 0 aromatic heterocycles. The number of rotatable bonds is 6. The van der Waals surface area contributed by atoms with E-state index in [2.05, 4.69) is 16.0 Å². The summed E-state index contributed by atoms with van der Waals surface area (Å²) >= 11 is 23.3. The van der Waals surface area contributed by atoms with Crippen LogP contribution in [-0.2, 0) is 4.74 Å². The Morgan fingerprint density at radius 3 is 2.17 bits per heavy atom. The van der Waals surface area contributed by atoms with Crippen molar-refractivity contribution in [3.63, 3.8) is 0 Å². The van der Waals surface area contributed by atoms with Crippen LogP contribution in [0.15, 0.2) is 48.5 Å². The predicted molar refractivity (Wildman–Crippen MR) is 122 cm³/mol. The van der Waals surface area contributed by atoms with Crippen LogP contribution in [0.25, 0.3) is 0 Å². The van der Waals surface area contributed by atoms with E-state index in [1.165, 1.54) is 14.2 Å². The van der Waals surface area contributed by atoms with Crippen LogP contribution in [0.5, 0.6) is 5.75 Å². The molecule has 0 aliphatic carbocycles. The number of thiocarbonyl (C=S) groups is 1. The molecule has 0 fully saturated rings. The van der Waals surface area contributed by atoms with Crippen LogP contribution >= 0.6 is 47.0 Å². The number of carbonyl (C=O) groups is 2. The molecule has 0 spiro atoms. The average molecular weight is 491 g/mol. The lowest BCUT2D eigenvalue weighted by atomic mass is 10.2. The first-order valence-electron chi connectivity index (χ1n) is 8.42. The number of alkyl halides is 3. The fourth-order valence-corrected chi connectivity index (χ4v) is 2.97. The largest absolute Gasteiger partial charge is 0.496 e. The molecule has 0 saturated heterocycles. The molecular weight excluding hydrogens is 473 g/mol. The number of benzene rings is 2. The Morgan fingerprint density at radius 2 is 1.57 bits per heavy atom. The second-order valence-electron chi connectivity index (χ2n) is 5.78. The van der Waals surface area contributed by atoms with E-state index in [0.717, 1.165) is 0 Å². The molecule has 30 heavy (non-hydrogen) atoms. The number of para-hydroxylation sites is 2. The van der Waals surface area contributed by atoms with Crippen LogP contribution in [0.1, 0.15) is 20.7 Å². The van der Waals surface area contributed by atoms with Crippen molar-refractivity contribution in [2.75, 3.05) is 19.5 Å². The number of hydrogen-bond acceptors (Lipinski definition) is 5. The summed E-state index contributed by atoms with van der Waals surface area (Å²) in [4.78, 5) is 24.6. The van der Waals surface area contributed by atoms with Crippen molar-refractivity contribution in [1.82, 2.24) is 10.6 Å². The minimum Gasteiger partial charge on any atom is -0.496 e. The fourth-order valence-electron chi connectivity index (χ4n) is 2.41. The third-order valence-electron chi connectivity index (χ3n) is 3.81. The lowest BCUT2D eigenvalue weighted by molar-refractivity contribution is 0.0601. The topological polar surface area (TPSA) is 88.7 Å². The molecule has 0 unspecified atom stereocenters. The molecule has 3 N–H and O–H groups in total. The van der Waals surface area contributed by atoms with Crippen LogP contribution in [0.4, 0.5) is 5.69 Å². The Morgan fingerprint density at radius 1 is 0.967 bits per heavy atom. The molecule has 7 nitrogen and oxygen atoms in total. The molecule has 2 rings (SSSR count). The van der Waals surface area contributed by atoms with Crippen molar-refractivity contribution < 1.29 is 19.1 Å². The van der Waals surface area contributed by atoms with Gasteiger partial charge < -0.3 is 25.4 Å². The first kappa shape index (κ1) is 24.0. The van der Waals surface area contributed by atoms with E-state index >= 15 is 0 Å². The van der Waals surface area contributed by atoms with Gasteiger partial charge in [-0.05, 0) is 36.5 Å². The Hall–Kier alpha value is -2.26. The third-order valence-corrected chi connectivity index (χ3v) is 4.68.